The highest BCUT2D eigenvalue weighted by atomic mass is 19.4. The lowest BCUT2D eigenvalue weighted by molar-refractivity contribution is -0.138. The number of fused-ring (bicyclic) bond motifs is 1. The Morgan fingerprint density at radius 1 is 1.07 bits per heavy atom. The van der Waals surface area contributed by atoms with Crippen molar-refractivity contribution < 1.29 is 22.8 Å². The topological polar surface area (TPSA) is 49.4 Å². The second-order valence-corrected chi connectivity index (χ2v) is 7.66. The maximum atomic E-state index is 13.2. The van der Waals surface area contributed by atoms with Crippen molar-refractivity contribution in [3.8, 4) is 0 Å². The summed E-state index contributed by atoms with van der Waals surface area (Å²) in [6.45, 7) is 1.23. The lowest BCUT2D eigenvalue weighted by Gasteiger charge is -2.30. The monoisotopic (exact) mass is 402 g/mol. The highest BCUT2D eigenvalue weighted by Crippen LogP contribution is 2.33. The number of halogens is 3. The predicted octanol–water partition coefficient (Wildman–Crippen LogP) is 4.04. The Balaban J connectivity index is 1.49. The van der Waals surface area contributed by atoms with Gasteiger partial charge in [0.25, 0.3) is 11.8 Å². The number of amides is 2. The van der Waals surface area contributed by atoms with Crippen LogP contribution in [0.5, 0.6) is 0 Å². The fourth-order valence-electron chi connectivity index (χ4n) is 3.62. The molecule has 2 aromatic carbocycles. The van der Waals surface area contributed by atoms with Crippen LogP contribution in [0.25, 0.3) is 0 Å². The van der Waals surface area contributed by atoms with E-state index in [-0.39, 0.29) is 18.0 Å². The molecule has 2 aromatic rings. The number of rotatable bonds is 4. The largest absolute Gasteiger partial charge is 0.417 e. The lowest BCUT2D eigenvalue weighted by Crippen LogP contribution is -2.37. The molecule has 2 aliphatic rings. The van der Waals surface area contributed by atoms with Crippen LogP contribution in [0.4, 0.5) is 13.2 Å². The van der Waals surface area contributed by atoms with Crippen LogP contribution in [0.2, 0.25) is 0 Å². The number of alkyl halides is 3. The summed E-state index contributed by atoms with van der Waals surface area (Å²) in [4.78, 5) is 26.5. The molecule has 1 aliphatic heterocycles. The normalized spacial score (nSPS) is 16.3. The minimum Gasteiger partial charge on any atom is -0.352 e. The van der Waals surface area contributed by atoms with Crippen LogP contribution in [0.3, 0.4) is 0 Å². The molecule has 4 nitrogen and oxygen atoms in total. The van der Waals surface area contributed by atoms with Crippen LogP contribution in [-0.4, -0.2) is 29.8 Å². The second-order valence-electron chi connectivity index (χ2n) is 7.66. The molecule has 1 fully saturated rings. The number of nitrogens with zero attached hydrogens (tertiary/aromatic N) is 1. The van der Waals surface area contributed by atoms with E-state index >= 15 is 0 Å². The van der Waals surface area contributed by atoms with Crippen LogP contribution >= 0.6 is 0 Å². The van der Waals surface area contributed by atoms with Gasteiger partial charge in [-0.05, 0) is 60.6 Å². The van der Waals surface area contributed by atoms with Crippen molar-refractivity contribution in [3.63, 3.8) is 0 Å². The van der Waals surface area contributed by atoms with E-state index in [1.54, 1.807) is 12.1 Å². The minimum atomic E-state index is -4.58. The first-order valence-corrected chi connectivity index (χ1v) is 9.68. The Hall–Kier alpha value is -2.83. The maximum absolute atomic E-state index is 13.2. The number of benzene rings is 2. The molecule has 152 valence electrons. The van der Waals surface area contributed by atoms with Gasteiger partial charge in [0, 0.05) is 25.2 Å². The molecule has 0 aromatic heterocycles. The van der Waals surface area contributed by atoms with Crippen molar-refractivity contribution >= 4 is 11.8 Å². The third-order valence-electron chi connectivity index (χ3n) is 5.48. The Morgan fingerprint density at radius 2 is 1.83 bits per heavy atom. The zero-order valence-corrected chi connectivity index (χ0v) is 15.8. The molecule has 0 unspecified atom stereocenters. The number of nitrogens with one attached hydrogen (secondary N) is 1. The first-order chi connectivity index (χ1) is 13.8. The van der Waals surface area contributed by atoms with Crippen LogP contribution in [0.1, 0.15) is 50.2 Å². The number of carbonyl (C=O) groups excluding carboxylic acids is 2. The van der Waals surface area contributed by atoms with E-state index in [1.165, 1.54) is 23.1 Å². The molecule has 2 amide bonds. The molecule has 0 saturated heterocycles. The van der Waals surface area contributed by atoms with Gasteiger partial charge in [-0.1, -0.05) is 18.2 Å². The number of carbonyl (C=O) groups is 2. The van der Waals surface area contributed by atoms with Crippen LogP contribution < -0.4 is 5.32 Å². The lowest BCUT2D eigenvalue weighted by atomic mass is 9.96. The molecule has 7 heteroatoms. The molecule has 1 heterocycles. The van der Waals surface area contributed by atoms with Gasteiger partial charge in [-0.25, -0.2) is 0 Å². The molecule has 0 atom stereocenters. The summed E-state index contributed by atoms with van der Waals surface area (Å²) in [5.41, 5.74) is 1.13. The predicted molar refractivity (Wildman–Crippen MR) is 101 cm³/mol. The van der Waals surface area contributed by atoms with Gasteiger partial charge in [0.15, 0.2) is 0 Å². The van der Waals surface area contributed by atoms with Crippen molar-refractivity contribution in [2.75, 3.05) is 13.1 Å². The summed E-state index contributed by atoms with van der Waals surface area (Å²) in [7, 11) is 0. The van der Waals surface area contributed by atoms with Gasteiger partial charge >= 0.3 is 6.18 Å². The van der Waals surface area contributed by atoms with Crippen LogP contribution in [0.15, 0.2) is 42.5 Å². The minimum absolute atomic E-state index is 0.114. The molecular weight excluding hydrogens is 381 g/mol. The van der Waals surface area contributed by atoms with Gasteiger partial charge in [-0.3, -0.25) is 9.59 Å². The number of hydrogen-bond acceptors (Lipinski definition) is 2. The van der Waals surface area contributed by atoms with E-state index in [9.17, 15) is 22.8 Å². The summed E-state index contributed by atoms with van der Waals surface area (Å²) in [6.07, 6.45) is -1.76. The molecule has 0 spiro atoms. The first kappa shape index (κ1) is 19.5. The standard InChI is InChI=1S/C22H21F3N2O2/c23-22(24,25)19-4-2-1-3-18(19)21(29)27-10-9-15-11-16(7-8-17(15)13-27)20(28)26-12-14-5-6-14/h1-4,7-8,11,14H,5-6,9-10,12-13H2,(H,26,28). The van der Waals surface area contributed by atoms with Crippen molar-refractivity contribution in [2.24, 2.45) is 5.92 Å². The zero-order chi connectivity index (χ0) is 20.6. The van der Waals surface area contributed by atoms with Crippen molar-refractivity contribution in [2.45, 2.75) is 32.0 Å². The second kappa shape index (κ2) is 7.54. The van der Waals surface area contributed by atoms with Crippen molar-refractivity contribution in [1.29, 1.82) is 0 Å². The summed E-state index contributed by atoms with van der Waals surface area (Å²) in [5.74, 6) is -0.150. The van der Waals surface area contributed by atoms with Gasteiger partial charge in [-0.15, -0.1) is 0 Å². The van der Waals surface area contributed by atoms with E-state index in [2.05, 4.69) is 5.32 Å². The smallest absolute Gasteiger partial charge is 0.352 e. The fourth-order valence-corrected chi connectivity index (χ4v) is 3.62. The van der Waals surface area contributed by atoms with Gasteiger partial charge < -0.3 is 10.2 Å². The first-order valence-electron chi connectivity index (χ1n) is 9.68. The summed E-state index contributed by atoms with van der Waals surface area (Å²) < 4.78 is 39.7. The van der Waals surface area contributed by atoms with E-state index in [0.717, 1.165) is 30.0 Å². The quantitative estimate of drug-likeness (QED) is 0.839. The van der Waals surface area contributed by atoms with Gasteiger partial charge in [0.1, 0.15) is 0 Å². The van der Waals surface area contributed by atoms with Crippen LogP contribution in [0, 0.1) is 5.92 Å². The van der Waals surface area contributed by atoms with Gasteiger partial charge in [0.2, 0.25) is 0 Å². The maximum Gasteiger partial charge on any atom is 0.417 e. The Bertz CT molecular complexity index is 951. The number of hydrogen-bond donors (Lipinski definition) is 1. The Labute approximate surface area is 166 Å². The zero-order valence-electron chi connectivity index (χ0n) is 15.8. The Kier molecular flexibility index (Phi) is 5.06. The highest BCUT2D eigenvalue weighted by molar-refractivity contribution is 5.96. The molecule has 1 N–H and O–H groups in total. The van der Waals surface area contributed by atoms with Gasteiger partial charge in [0.05, 0.1) is 11.1 Å². The van der Waals surface area contributed by atoms with E-state index < -0.39 is 17.6 Å². The molecular formula is C22H21F3N2O2. The molecule has 4 rings (SSSR count). The third-order valence-corrected chi connectivity index (χ3v) is 5.48. The molecule has 1 saturated carbocycles. The van der Waals surface area contributed by atoms with Crippen LogP contribution in [-0.2, 0) is 19.1 Å². The highest BCUT2D eigenvalue weighted by Gasteiger charge is 2.36. The molecule has 0 bridgehead atoms. The van der Waals surface area contributed by atoms with Crippen molar-refractivity contribution in [1.82, 2.24) is 10.2 Å². The fraction of sp³-hybridized carbons (Fsp3) is 0.364. The SMILES string of the molecule is O=C(NCC1CC1)c1ccc2c(c1)CCN(C(=O)c1ccccc1C(F)(F)F)C2. The van der Waals surface area contributed by atoms with E-state index in [0.29, 0.717) is 31.0 Å². The summed E-state index contributed by atoms with van der Waals surface area (Å²) in [6, 6.07) is 10.2. The summed E-state index contributed by atoms with van der Waals surface area (Å²) in [5, 5.41) is 2.93. The van der Waals surface area contributed by atoms with E-state index in [4.69, 9.17) is 0 Å². The molecule has 1 aliphatic carbocycles. The average molecular weight is 402 g/mol. The molecule has 29 heavy (non-hydrogen) atoms. The van der Waals surface area contributed by atoms with E-state index in [1.807, 2.05) is 6.07 Å². The summed E-state index contributed by atoms with van der Waals surface area (Å²) >= 11 is 0. The molecule has 0 radical (unpaired) electrons. The van der Waals surface area contributed by atoms with Gasteiger partial charge in [-0.2, -0.15) is 13.2 Å². The third kappa shape index (κ3) is 4.28. The average Bonchev–Trinajstić information content (AvgIpc) is 3.54. The van der Waals surface area contributed by atoms with Crippen molar-refractivity contribution in [3.05, 3.63) is 70.3 Å². The Morgan fingerprint density at radius 3 is 2.55 bits per heavy atom.